The number of aromatic nitrogens is 3. The highest BCUT2D eigenvalue weighted by Gasteiger charge is 2.15. The molecule has 0 unspecified atom stereocenters. The van der Waals surface area contributed by atoms with E-state index in [2.05, 4.69) is 24.9 Å². The van der Waals surface area contributed by atoms with Crippen molar-refractivity contribution in [3.05, 3.63) is 54.1 Å². The molecule has 0 aliphatic carbocycles. The average molecular weight is 328 g/mol. The number of rotatable bonds is 5. The van der Waals surface area contributed by atoms with Crippen LogP contribution in [0.5, 0.6) is 0 Å². The Morgan fingerprint density at radius 2 is 2.17 bits per heavy atom. The van der Waals surface area contributed by atoms with Gasteiger partial charge in [0.05, 0.1) is 28.2 Å². The van der Waals surface area contributed by atoms with Crippen molar-refractivity contribution in [2.45, 2.75) is 6.67 Å². The minimum Gasteiger partial charge on any atom is -0.399 e. The lowest BCUT2D eigenvalue weighted by Crippen LogP contribution is -1.92. The molecule has 0 bridgehead atoms. The zero-order chi connectivity index (χ0) is 16.1. The number of oxime groups is 1. The van der Waals surface area contributed by atoms with Crippen LogP contribution in [0.2, 0.25) is 0 Å². The van der Waals surface area contributed by atoms with Crippen molar-refractivity contribution in [3.8, 4) is 21.1 Å². The minimum absolute atomic E-state index is 0.377. The van der Waals surface area contributed by atoms with Gasteiger partial charge in [-0.2, -0.15) is 0 Å². The van der Waals surface area contributed by atoms with E-state index in [9.17, 15) is 4.39 Å². The molecule has 0 saturated carbocycles. The van der Waals surface area contributed by atoms with Crippen molar-refractivity contribution in [3.63, 3.8) is 0 Å². The Morgan fingerprint density at radius 3 is 2.91 bits per heavy atom. The molecule has 0 saturated heterocycles. The van der Waals surface area contributed by atoms with E-state index >= 15 is 0 Å². The fourth-order valence-corrected chi connectivity index (χ4v) is 3.04. The van der Waals surface area contributed by atoms with E-state index < -0.39 is 6.67 Å². The van der Waals surface area contributed by atoms with Crippen LogP contribution >= 0.6 is 11.3 Å². The van der Waals surface area contributed by atoms with Gasteiger partial charge in [0.25, 0.3) is 0 Å². The molecule has 0 atom stereocenters. The molecule has 0 radical (unpaired) electrons. The summed E-state index contributed by atoms with van der Waals surface area (Å²) in [6, 6.07) is 9.18. The van der Waals surface area contributed by atoms with Crippen molar-refractivity contribution in [1.82, 2.24) is 15.0 Å². The van der Waals surface area contributed by atoms with Gasteiger partial charge in [-0.1, -0.05) is 11.2 Å². The van der Waals surface area contributed by atoms with Gasteiger partial charge in [-0.15, -0.1) is 11.3 Å². The van der Waals surface area contributed by atoms with Gasteiger partial charge in [0.2, 0.25) is 0 Å². The second-order valence-electron chi connectivity index (χ2n) is 4.53. The van der Waals surface area contributed by atoms with Crippen LogP contribution in [0.3, 0.4) is 0 Å². The lowest BCUT2D eigenvalue weighted by Gasteiger charge is -2.00. The van der Waals surface area contributed by atoms with Crippen LogP contribution in [0, 0.1) is 0 Å². The quantitative estimate of drug-likeness (QED) is 0.529. The molecule has 0 spiro atoms. The first-order valence-corrected chi connectivity index (χ1v) is 7.63. The molecular weight excluding hydrogens is 315 g/mol. The van der Waals surface area contributed by atoms with E-state index in [0.717, 1.165) is 10.6 Å². The SMILES string of the molecule is CO/N=C/c1cccc(-c2sc(-c3cccnc3)nc2CF)n1. The summed E-state index contributed by atoms with van der Waals surface area (Å²) in [5, 5.41) is 4.41. The number of pyridine rings is 2. The smallest absolute Gasteiger partial charge is 0.133 e. The number of alkyl halides is 1. The van der Waals surface area contributed by atoms with Gasteiger partial charge in [0.1, 0.15) is 18.8 Å². The number of nitrogens with zero attached hydrogens (tertiary/aromatic N) is 4. The number of thiazole rings is 1. The summed E-state index contributed by atoms with van der Waals surface area (Å²) in [4.78, 5) is 18.3. The molecule has 0 amide bonds. The lowest BCUT2D eigenvalue weighted by atomic mass is 10.2. The van der Waals surface area contributed by atoms with Crippen LogP contribution in [-0.4, -0.2) is 28.3 Å². The predicted octanol–water partition coefficient (Wildman–Crippen LogP) is 3.72. The first-order valence-electron chi connectivity index (χ1n) is 6.82. The molecule has 0 N–H and O–H groups in total. The topological polar surface area (TPSA) is 60.3 Å². The molecule has 0 aliphatic rings. The van der Waals surface area contributed by atoms with Gasteiger partial charge >= 0.3 is 0 Å². The van der Waals surface area contributed by atoms with Gasteiger partial charge in [-0.25, -0.2) is 14.4 Å². The third kappa shape index (κ3) is 3.40. The van der Waals surface area contributed by atoms with E-state index in [1.165, 1.54) is 24.7 Å². The van der Waals surface area contributed by atoms with Crippen molar-refractivity contribution in [1.29, 1.82) is 0 Å². The Morgan fingerprint density at radius 1 is 1.26 bits per heavy atom. The fraction of sp³-hybridized carbons (Fsp3) is 0.125. The summed E-state index contributed by atoms with van der Waals surface area (Å²) in [6.45, 7) is -0.649. The van der Waals surface area contributed by atoms with E-state index in [1.807, 2.05) is 24.3 Å². The molecule has 7 heteroatoms. The fourth-order valence-electron chi connectivity index (χ4n) is 2.01. The van der Waals surface area contributed by atoms with Gasteiger partial charge in [0, 0.05) is 18.0 Å². The van der Waals surface area contributed by atoms with Gasteiger partial charge in [-0.3, -0.25) is 4.98 Å². The summed E-state index contributed by atoms with van der Waals surface area (Å²) in [6.07, 6.45) is 4.90. The normalized spacial score (nSPS) is 11.0. The largest absolute Gasteiger partial charge is 0.399 e. The first kappa shape index (κ1) is 15.2. The highest BCUT2D eigenvalue weighted by molar-refractivity contribution is 7.18. The first-order chi connectivity index (χ1) is 11.3. The highest BCUT2D eigenvalue weighted by atomic mass is 32.1. The summed E-state index contributed by atoms with van der Waals surface area (Å²) in [5.41, 5.74) is 2.52. The van der Waals surface area contributed by atoms with Crippen molar-refractivity contribution < 1.29 is 9.23 Å². The molecule has 3 aromatic rings. The molecule has 3 aromatic heterocycles. The summed E-state index contributed by atoms with van der Waals surface area (Å²) in [5.74, 6) is 0. The standard InChI is InChI=1S/C16H13FN4OS/c1-22-19-10-12-5-2-6-13(20-12)15-14(8-17)21-16(23-15)11-4-3-7-18-9-11/h2-7,9-10H,8H2,1H3/b19-10+. The Balaban J connectivity index is 2.03. The minimum atomic E-state index is -0.649. The Kier molecular flexibility index (Phi) is 4.68. The second-order valence-corrected chi connectivity index (χ2v) is 5.53. The molecular formula is C16H13FN4OS. The van der Waals surface area contributed by atoms with E-state index in [-0.39, 0.29) is 0 Å². The van der Waals surface area contributed by atoms with Crippen molar-refractivity contribution >= 4 is 17.6 Å². The van der Waals surface area contributed by atoms with Crippen LogP contribution in [-0.2, 0) is 11.5 Å². The van der Waals surface area contributed by atoms with Crippen molar-refractivity contribution in [2.75, 3.05) is 7.11 Å². The van der Waals surface area contributed by atoms with Crippen LogP contribution in [0.1, 0.15) is 11.4 Å². The lowest BCUT2D eigenvalue weighted by molar-refractivity contribution is 0.215. The second kappa shape index (κ2) is 7.06. The summed E-state index contributed by atoms with van der Waals surface area (Å²) < 4.78 is 13.4. The molecule has 0 fully saturated rings. The maximum absolute atomic E-state index is 13.4. The van der Waals surface area contributed by atoms with E-state index in [0.29, 0.717) is 22.0 Å². The van der Waals surface area contributed by atoms with E-state index in [1.54, 1.807) is 18.5 Å². The number of hydrogen-bond donors (Lipinski definition) is 0. The van der Waals surface area contributed by atoms with Crippen LogP contribution in [0.15, 0.2) is 47.9 Å². The Bertz CT molecular complexity index is 820. The van der Waals surface area contributed by atoms with Gasteiger partial charge in [0.15, 0.2) is 0 Å². The third-order valence-electron chi connectivity index (χ3n) is 3.03. The number of halogens is 1. The zero-order valence-electron chi connectivity index (χ0n) is 12.3. The Hall–Kier alpha value is -2.67. The predicted molar refractivity (Wildman–Crippen MR) is 88.0 cm³/mol. The number of hydrogen-bond acceptors (Lipinski definition) is 6. The molecule has 116 valence electrons. The monoisotopic (exact) mass is 328 g/mol. The van der Waals surface area contributed by atoms with Gasteiger partial charge < -0.3 is 4.84 Å². The molecule has 3 heterocycles. The van der Waals surface area contributed by atoms with Crippen LogP contribution in [0.25, 0.3) is 21.1 Å². The molecule has 3 rings (SSSR count). The molecule has 0 aliphatic heterocycles. The summed E-state index contributed by atoms with van der Waals surface area (Å²) in [7, 11) is 1.46. The maximum atomic E-state index is 13.4. The molecule has 5 nitrogen and oxygen atoms in total. The average Bonchev–Trinajstić information content (AvgIpc) is 3.05. The highest BCUT2D eigenvalue weighted by Crippen LogP contribution is 2.34. The Labute approximate surface area is 136 Å². The third-order valence-corrected chi connectivity index (χ3v) is 4.20. The molecule has 23 heavy (non-hydrogen) atoms. The summed E-state index contributed by atoms with van der Waals surface area (Å²) >= 11 is 1.39. The maximum Gasteiger partial charge on any atom is 0.133 e. The van der Waals surface area contributed by atoms with Crippen molar-refractivity contribution in [2.24, 2.45) is 5.16 Å². The van der Waals surface area contributed by atoms with E-state index in [4.69, 9.17) is 0 Å². The van der Waals surface area contributed by atoms with Crippen LogP contribution in [0.4, 0.5) is 4.39 Å². The van der Waals surface area contributed by atoms with Crippen LogP contribution < -0.4 is 0 Å². The molecule has 0 aromatic carbocycles. The van der Waals surface area contributed by atoms with Gasteiger partial charge in [-0.05, 0) is 24.3 Å². The zero-order valence-corrected chi connectivity index (χ0v) is 13.1.